The first-order chi connectivity index (χ1) is 13.7. The summed E-state index contributed by atoms with van der Waals surface area (Å²) >= 11 is 12.1. The Morgan fingerprint density at radius 3 is 2.46 bits per heavy atom. The van der Waals surface area contributed by atoms with E-state index in [2.05, 4.69) is 9.47 Å². The van der Waals surface area contributed by atoms with Crippen molar-refractivity contribution in [3.05, 3.63) is 39.9 Å². The van der Waals surface area contributed by atoms with Crippen LogP contribution in [0.15, 0.2) is 24.3 Å². The van der Waals surface area contributed by atoms with E-state index in [1.54, 1.807) is 0 Å². The zero-order valence-corrected chi connectivity index (χ0v) is 17.7. The summed E-state index contributed by atoms with van der Waals surface area (Å²) in [4.78, 5) is 2.66. The molecule has 3 saturated carbocycles. The second-order valence-corrected chi connectivity index (χ2v) is 9.12. The lowest BCUT2D eigenvalue weighted by Crippen LogP contribution is -2.37. The predicted octanol–water partition coefficient (Wildman–Crippen LogP) is 5.35. The molecule has 0 spiro atoms. The highest BCUT2D eigenvalue weighted by Crippen LogP contribution is 2.38. The molecule has 7 heteroatoms. The Hall–Kier alpha value is -1.37. The first-order valence-electron chi connectivity index (χ1n) is 10.5. The molecule has 0 unspecified atom stereocenters. The number of nitrogens with zero attached hydrogens (tertiary/aromatic N) is 4. The van der Waals surface area contributed by atoms with Gasteiger partial charge in [-0.05, 0) is 62.9 Å². The van der Waals surface area contributed by atoms with Crippen molar-refractivity contribution in [1.29, 1.82) is 0 Å². The average Bonchev–Trinajstić information content (AvgIpc) is 3.62. The lowest BCUT2D eigenvalue weighted by molar-refractivity contribution is 0.133. The van der Waals surface area contributed by atoms with Gasteiger partial charge in [-0.1, -0.05) is 36.6 Å². The van der Waals surface area contributed by atoms with E-state index in [4.69, 9.17) is 33.7 Å². The van der Waals surface area contributed by atoms with E-state index in [0.717, 1.165) is 23.3 Å². The summed E-state index contributed by atoms with van der Waals surface area (Å²) in [5.41, 5.74) is 0. The molecule has 150 valence electrons. The molecule has 0 saturated heterocycles. The standard InChI is InChI=1S/C21H27ClN4OS/c22-18-7-3-4-8-19(18)27-13-20-23-25(21(28)26(20)17-11-12-17)14-24(16-9-10-16)15-5-1-2-6-15/h3-4,7-8,15-17H,1-2,5-6,9-14H2. The zero-order valence-electron chi connectivity index (χ0n) is 16.1. The van der Waals surface area contributed by atoms with Crippen LogP contribution >= 0.6 is 23.8 Å². The molecule has 5 rings (SSSR count). The highest BCUT2D eigenvalue weighted by molar-refractivity contribution is 7.71. The van der Waals surface area contributed by atoms with Crippen molar-refractivity contribution >= 4 is 23.8 Å². The van der Waals surface area contributed by atoms with E-state index in [0.29, 0.717) is 29.5 Å². The predicted molar refractivity (Wildman–Crippen MR) is 112 cm³/mol. The fraction of sp³-hybridized carbons (Fsp3) is 0.619. The summed E-state index contributed by atoms with van der Waals surface area (Å²) in [6, 6.07) is 9.48. The highest BCUT2D eigenvalue weighted by atomic mass is 35.5. The van der Waals surface area contributed by atoms with Gasteiger partial charge in [-0.2, -0.15) is 5.10 Å². The number of para-hydroxylation sites is 1. The molecule has 3 fully saturated rings. The van der Waals surface area contributed by atoms with Gasteiger partial charge in [0.05, 0.1) is 11.7 Å². The molecule has 3 aliphatic carbocycles. The van der Waals surface area contributed by atoms with Crippen molar-refractivity contribution in [3.63, 3.8) is 0 Å². The Bertz CT molecular complexity index is 896. The van der Waals surface area contributed by atoms with Gasteiger partial charge in [0.15, 0.2) is 10.6 Å². The SMILES string of the molecule is S=c1n(CN(C2CCCC2)C2CC2)nc(COc2ccccc2Cl)n1C1CC1. The van der Waals surface area contributed by atoms with Crippen molar-refractivity contribution in [3.8, 4) is 5.75 Å². The number of hydrogen-bond acceptors (Lipinski definition) is 4. The third kappa shape index (κ3) is 3.87. The Kier molecular flexibility index (Phi) is 5.20. The molecule has 1 heterocycles. The fourth-order valence-corrected chi connectivity index (χ4v) is 4.93. The van der Waals surface area contributed by atoms with Gasteiger partial charge in [-0.15, -0.1) is 0 Å². The van der Waals surface area contributed by atoms with E-state index in [-0.39, 0.29) is 0 Å². The van der Waals surface area contributed by atoms with E-state index in [9.17, 15) is 0 Å². The lowest BCUT2D eigenvalue weighted by atomic mass is 10.2. The quantitative estimate of drug-likeness (QED) is 0.541. The van der Waals surface area contributed by atoms with Gasteiger partial charge in [-0.3, -0.25) is 9.47 Å². The van der Waals surface area contributed by atoms with Gasteiger partial charge in [-0.25, -0.2) is 4.68 Å². The Balaban J connectivity index is 1.37. The van der Waals surface area contributed by atoms with E-state index < -0.39 is 0 Å². The third-order valence-electron chi connectivity index (χ3n) is 6.15. The number of hydrogen-bond donors (Lipinski definition) is 0. The third-order valence-corrected chi connectivity index (χ3v) is 6.87. The molecule has 5 nitrogen and oxygen atoms in total. The summed E-state index contributed by atoms with van der Waals surface area (Å²) in [5.74, 6) is 1.60. The summed E-state index contributed by atoms with van der Waals surface area (Å²) < 4.78 is 11.1. The van der Waals surface area contributed by atoms with Crippen LogP contribution in [-0.2, 0) is 13.3 Å². The second kappa shape index (κ2) is 7.81. The summed E-state index contributed by atoms with van der Waals surface area (Å²) in [6.45, 7) is 1.21. The second-order valence-electron chi connectivity index (χ2n) is 8.34. The minimum atomic E-state index is 0.393. The topological polar surface area (TPSA) is 35.2 Å². The number of ether oxygens (including phenoxy) is 1. The maximum Gasteiger partial charge on any atom is 0.199 e. The van der Waals surface area contributed by atoms with Crippen molar-refractivity contribution in [2.24, 2.45) is 0 Å². The van der Waals surface area contributed by atoms with Crippen LogP contribution in [0.1, 0.15) is 63.2 Å². The molecule has 0 aliphatic heterocycles. The van der Waals surface area contributed by atoms with Crippen LogP contribution in [0.3, 0.4) is 0 Å². The van der Waals surface area contributed by atoms with Crippen molar-refractivity contribution in [2.75, 3.05) is 0 Å². The van der Waals surface area contributed by atoms with Crippen LogP contribution in [-0.4, -0.2) is 31.3 Å². The minimum absolute atomic E-state index is 0.393. The monoisotopic (exact) mass is 418 g/mol. The molecule has 2 aromatic rings. The van der Waals surface area contributed by atoms with Crippen molar-refractivity contribution < 1.29 is 4.74 Å². The Morgan fingerprint density at radius 2 is 1.79 bits per heavy atom. The Morgan fingerprint density at radius 1 is 1.07 bits per heavy atom. The van der Waals surface area contributed by atoms with Crippen molar-refractivity contribution in [1.82, 2.24) is 19.2 Å². The summed E-state index contributed by atoms with van der Waals surface area (Å²) in [7, 11) is 0. The maximum absolute atomic E-state index is 6.24. The lowest BCUT2D eigenvalue weighted by Gasteiger charge is -2.28. The molecule has 0 amide bonds. The average molecular weight is 419 g/mol. The fourth-order valence-electron chi connectivity index (χ4n) is 4.39. The zero-order chi connectivity index (χ0) is 19.1. The molecular formula is C21H27ClN4OS. The molecule has 0 atom stereocenters. The summed E-state index contributed by atoms with van der Waals surface area (Å²) in [5, 5.41) is 5.53. The van der Waals surface area contributed by atoms with Crippen LogP contribution in [0.25, 0.3) is 0 Å². The van der Waals surface area contributed by atoms with E-state index in [1.165, 1.54) is 51.4 Å². The molecule has 1 aromatic carbocycles. The van der Waals surface area contributed by atoms with Gasteiger partial charge in [0.25, 0.3) is 0 Å². The minimum Gasteiger partial charge on any atom is -0.484 e. The molecule has 0 N–H and O–H groups in total. The molecule has 28 heavy (non-hydrogen) atoms. The van der Waals surface area contributed by atoms with Crippen LogP contribution < -0.4 is 4.74 Å². The van der Waals surface area contributed by atoms with Crippen LogP contribution in [0.4, 0.5) is 0 Å². The molecule has 1 aromatic heterocycles. The van der Waals surface area contributed by atoms with Crippen molar-refractivity contribution in [2.45, 2.75) is 82.8 Å². The number of halogens is 1. The van der Waals surface area contributed by atoms with Gasteiger partial charge in [0, 0.05) is 18.1 Å². The largest absolute Gasteiger partial charge is 0.484 e. The van der Waals surface area contributed by atoms with Gasteiger partial charge < -0.3 is 4.74 Å². The first-order valence-corrected chi connectivity index (χ1v) is 11.3. The first kappa shape index (κ1) is 18.6. The van der Waals surface area contributed by atoms with Gasteiger partial charge >= 0.3 is 0 Å². The van der Waals surface area contributed by atoms with Gasteiger partial charge in [0.1, 0.15) is 12.4 Å². The highest BCUT2D eigenvalue weighted by Gasteiger charge is 2.36. The van der Waals surface area contributed by atoms with Crippen LogP contribution in [0, 0.1) is 4.77 Å². The van der Waals surface area contributed by atoms with E-state index in [1.807, 2.05) is 28.9 Å². The normalized spacial score (nSPS) is 20.2. The summed E-state index contributed by atoms with van der Waals surface area (Å²) in [6.07, 6.45) is 10.3. The molecule has 0 bridgehead atoms. The number of rotatable bonds is 8. The molecular weight excluding hydrogens is 392 g/mol. The molecule has 0 radical (unpaired) electrons. The number of aromatic nitrogens is 3. The smallest absolute Gasteiger partial charge is 0.199 e. The van der Waals surface area contributed by atoms with Crippen LogP contribution in [0.2, 0.25) is 5.02 Å². The maximum atomic E-state index is 6.24. The Labute approximate surface area is 176 Å². The van der Waals surface area contributed by atoms with E-state index >= 15 is 0 Å². The van der Waals surface area contributed by atoms with Gasteiger partial charge in [0.2, 0.25) is 0 Å². The molecule has 3 aliphatic rings. The van der Waals surface area contributed by atoms with Crippen LogP contribution in [0.5, 0.6) is 5.75 Å². The number of benzene rings is 1.